The number of hydrogen-bond acceptors (Lipinski definition) is 3. The van der Waals surface area contributed by atoms with Gasteiger partial charge in [-0.2, -0.15) is 0 Å². The number of nitrogens with zero attached hydrogens (tertiary/aromatic N) is 3. The van der Waals surface area contributed by atoms with Gasteiger partial charge in [-0.05, 0) is 43.4 Å². The molecule has 1 heterocycles. The van der Waals surface area contributed by atoms with Gasteiger partial charge in [0.2, 0.25) is 0 Å². The molecule has 23 heavy (non-hydrogen) atoms. The van der Waals surface area contributed by atoms with Crippen LogP contribution in [-0.2, 0) is 0 Å². The van der Waals surface area contributed by atoms with Crippen LogP contribution in [0.3, 0.4) is 0 Å². The van der Waals surface area contributed by atoms with Crippen LogP contribution >= 0.6 is 0 Å². The van der Waals surface area contributed by atoms with Crippen molar-refractivity contribution in [3.63, 3.8) is 0 Å². The van der Waals surface area contributed by atoms with Gasteiger partial charge in [-0.3, -0.25) is 4.79 Å². The molecule has 2 aromatic rings. The average Bonchev–Trinajstić information content (AvgIpc) is 3.17. The third-order valence-electron chi connectivity index (χ3n) is 4.60. The molecule has 3 rings (SSSR count). The quantitative estimate of drug-likeness (QED) is 0.941. The normalized spacial score (nSPS) is 15.3. The minimum Gasteiger partial charge on any atom is -0.348 e. The van der Waals surface area contributed by atoms with Crippen molar-refractivity contribution in [1.29, 1.82) is 0 Å². The van der Waals surface area contributed by atoms with Crippen LogP contribution < -0.4 is 5.32 Å². The summed E-state index contributed by atoms with van der Waals surface area (Å²) in [5.41, 5.74) is 3.41. The minimum atomic E-state index is -0.112. The minimum absolute atomic E-state index is 0.112. The van der Waals surface area contributed by atoms with E-state index in [1.807, 2.05) is 19.1 Å². The summed E-state index contributed by atoms with van der Waals surface area (Å²) in [6, 6.07) is 8.53. The van der Waals surface area contributed by atoms with Crippen LogP contribution in [0, 0.1) is 6.92 Å². The van der Waals surface area contributed by atoms with Crippen LogP contribution in [0.5, 0.6) is 0 Å². The Morgan fingerprint density at radius 2 is 1.87 bits per heavy atom. The zero-order chi connectivity index (χ0) is 16.4. The smallest absolute Gasteiger partial charge is 0.273 e. The maximum absolute atomic E-state index is 12.4. The Labute approximate surface area is 137 Å². The summed E-state index contributed by atoms with van der Waals surface area (Å²) >= 11 is 0. The summed E-state index contributed by atoms with van der Waals surface area (Å²) in [5, 5.41) is 11.3. The molecule has 122 valence electrons. The van der Waals surface area contributed by atoms with Crippen molar-refractivity contribution in [2.75, 3.05) is 0 Å². The van der Waals surface area contributed by atoms with E-state index in [1.165, 1.54) is 18.4 Å². The number of benzene rings is 1. The van der Waals surface area contributed by atoms with Crippen molar-refractivity contribution in [1.82, 2.24) is 20.3 Å². The third-order valence-corrected chi connectivity index (χ3v) is 4.60. The molecule has 5 nitrogen and oxygen atoms in total. The number of carbonyl (C=O) groups excluding carboxylic acids is 1. The van der Waals surface area contributed by atoms with Gasteiger partial charge in [-0.1, -0.05) is 44.0 Å². The van der Waals surface area contributed by atoms with E-state index in [4.69, 9.17) is 0 Å². The molecule has 0 atom stereocenters. The number of amides is 1. The predicted molar refractivity (Wildman–Crippen MR) is 89.9 cm³/mol. The van der Waals surface area contributed by atoms with Crippen LogP contribution in [0.1, 0.15) is 67.2 Å². The molecule has 1 aromatic carbocycles. The standard InChI is InChI=1S/C18H24N4O/c1-12(2)14-8-10-16(11-9-14)22-13(3)17(20-21-22)18(23)19-15-6-4-5-7-15/h8-12,15H,4-7H2,1-3H3,(H,19,23). The highest BCUT2D eigenvalue weighted by atomic mass is 16.2. The highest BCUT2D eigenvalue weighted by molar-refractivity contribution is 5.93. The Morgan fingerprint density at radius 3 is 2.48 bits per heavy atom. The Bertz CT molecular complexity index is 682. The highest BCUT2D eigenvalue weighted by Gasteiger charge is 2.22. The molecule has 1 saturated carbocycles. The summed E-state index contributed by atoms with van der Waals surface area (Å²) < 4.78 is 1.73. The van der Waals surface area contributed by atoms with Crippen LogP contribution in [0.4, 0.5) is 0 Å². The van der Waals surface area contributed by atoms with Crippen molar-refractivity contribution >= 4 is 5.91 Å². The Kier molecular flexibility index (Phi) is 4.46. The lowest BCUT2D eigenvalue weighted by Crippen LogP contribution is -2.33. The van der Waals surface area contributed by atoms with E-state index in [0.29, 0.717) is 11.6 Å². The van der Waals surface area contributed by atoms with E-state index in [-0.39, 0.29) is 11.9 Å². The number of rotatable bonds is 4. The van der Waals surface area contributed by atoms with Gasteiger partial charge < -0.3 is 5.32 Å². The molecule has 0 spiro atoms. The summed E-state index contributed by atoms with van der Waals surface area (Å²) in [6.07, 6.45) is 4.52. The molecule has 1 aliphatic rings. The summed E-state index contributed by atoms with van der Waals surface area (Å²) in [4.78, 5) is 12.4. The Hall–Kier alpha value is -2.17. The molecular formula is C18H24N4O. The number of carbonyl (C=O) groups is 1. The zero-order valence-corrected chi connectivity index (χ0v) is 14.0. The summed E-state index contributed by atoms with van der Waals surface area (Å²) in [6.45, 7) is 6.22. The Morgan fingerprint density at radius 1 is 1.22 bits per heavy atom. The van der Waals surface area contributed by atoms with Gasteiger partial charge in [0.25, 0.3) is 5.91 Å². The molecule has 0 unspecified atom stereocenters. The maximum atomic E-state index is 12.4. The predicted octanol–water partition coefficient (Wildman–Crippen LogP) is 3.37. The fourth-order valence-corrected chi connectivity index (χ4v) is 3.11. The van der Waals surface area contributed by atoms with Gasteiger partial charge in [0.05, 0.1) is 11.4 Å². The second-order valence-electron chi connectivity index (χ2n) is 6.64. The molecule has 0 saturated heterocycles. The van der Waals surface area contributed by atoms with E-state index in [1.54, 1.807) is 4.68 Å². The van der Waals surface area contributed by atoms with Crippen LogP contribution in [0.15, 0.2) is 24.3 Å². The van der Waals surface area contributed by atoms with Crippen molar-refractivity contribution < 1.29 is 4.79 Å². The second-order valence-corrected chi connectivity index (χ2v) is 6.64. The lowest BCUT2D eigenvalue weighted by Gasteiger charge is -2.11. The molecule has 1 aromatic heterocycles. The highest BCUT2D eigenvalue weighted by Crippen LogP contribution is 2.20. The van der Waals surface area contributed by atoms with Gasteiger partial charge in [0, 0.05) is 6.04 Å². The van der Waals surface area contributed by atoms with Crippen LogP contribution in [-0.4, -0.2) is 26.9 Å². The molecule has 0 radical (unpaired) electrons. The van der Waals surface area contributed by atoms with E-state index >= 15 is 0 Å². The average molecular weight is 312 g/mol. The van der Waals surface area contributed by atoms with Crippen molar-refractivity contribution in [2.24, 2.45) is 0 Å². The first-order valence-corrected chi connectivity index (χ1v) is 8.39. The summed E-state index contributed by atoms with van der Waals surface area (Å²) in [5.74, 6) is 0.382. The monoisotopic (exact) mass is 312 g/mol. The SMILES string of the molecule is Cc1c(C(=O)NC2CCCC2)nnn1-c1ccc(C(C)C)cc1. The molecule has 1 fully saturated rings. The fraction of sp³-hybridized carbons (Fsp3) is 0.500. The number of hydrogen-bond donors (Lipinski definition) is 1. The topological polar surface area (TPSA) is 59.8 Å². The molecule has 1 aliphatic carbocycles. The molecule has 5 heteroatoms. The van der Waals surface area contributed by atoms with Crippen molar-refractivity contribution in [2.45, 2.75) is 58.4 Å². The zero-order valence-electron chi connectivity index (χ0n) is 14.0. The Balaban J connectivity index is 1.79. The van der Waals surface area contributed by atoms with Crippen molar-refractivity contribution in [3.05, 3.63) is 41.2 Å². The number of aromatic nitrogens is 3. The lowest BCUT2D eigenvalue weighted by atomic mass is 10.0. The molecule has 0 aliphatic heterocycles. The van der Waals surface area contributed by atoms with E-state index in [9.17, 15) is 4.79 Å². The van der Waals surface area contributed by atoms with E-state index < -0.39 is 0 Å². The first kappa shape index (κ1) is 15.7. The fourth-order valence-electron chi connectivity index (χ4n) is 3.11. The first-order valence-electron chi connectivity index (χ1n) is 8.39. The molecular weight excluding hydrogens is 288 g/mol. The van der Waals surface area contributed by atoms with Gasteiger partial charge >= 0.3 is 0 Å². The van der Waals surface area contributed by atoms with Gasteiger partial charge in [-0.25, -0.2) is 4.68 Å². The molecule has 0 bridgehead atoms. The number of nitrogens with one attached hydrogen (secondary N) is 1. The molecule has 1 amide bonds. The van der Waals surface area contributed by atoms with Gasteiger partial charge in [0.1, 0.15) is 0 Å². The van der Waals surface area contributed by atoms with Crippen LogP contribution in [0.2, 0.25) is 0 Å². The third kappa shape index (κ3) is 3.28. The molecule has 1 N–H and O–H groups in total. The summed E-state index contributed by atoms with van der Waals surface area (Å²) in [7, 11) is 0. The van der Waals surface area contributed by atoms with Crippen molar-refractivity contribution in [3.8, 4) is 5.69 Å². The largest absolute Gasteiger partial charge is 0.348 e. The second kappa shape index (κ2) is 6.52. The first-order chi connectivity index (χ1) is 11.1. The lowest BCUT2D eigenvalue weighted by molar-refractivity contribution is 0.0932. The van der Waals surface area contributed by atoms with Gasteiger partial charge in [0.15, 0.2) is 5.69 Å². The van der Waals surface area contributed by atoms with E-state index in [2.05, 4.69) is 41.6 Å². The van der Waals surface area contributed by atoms with Gasteiger partial charge in [-0.15, -0.1) is 5.10 Å². The van der Waals surface area contributed by atoms with E-state index in [0.717, 1.165) is 24.2 Å². The maximum Gasteiger partial charge on any atom is 0.273 e. The van der Waals surface area contributed by atoms with Crippen LogP contribution in [0.25, 0.3) is 5.69 Å².